The largest absolute Gasteiger partial charge is 0.464 e. The van der Waals surface area contributed by atoms with Gasteiger partial charge in [0.15, 0.2) is 0 Å². The summed E-state index contributed by atoms with van der Waals surface area (Å²) < 4.78 is 7.33. The Morgan fingerprint density at radius 2 is 1.87 bits per heavy atom. The number of rotatable bonds is 4. The maximum Gasteiger partial charge on any atom is 0.269 e. The summed E-state index contributed by atoms with van der Waals surface area (Å²) >= 11 is 3.57. The zero-order valence-electron chi connectivity index (χ0n) is 16.9. The summed E-state index contributed by atoms with van der Waals surface area (Å²) in [5, 5.41) is 18.0. The molecule has 0 bridgehead atoms. The number of nitro benzene ring substituents is 1. The molecule has 0 amide bonds. The van der Waals surface area contributed by atoms with E-state index in [9.17, 15) is 10.1 Å². The molecule has 31 heavy (non-hydrogen) atoms. The smallest absolute Gasteiger partial charge is 0.269 e. The van der Waals surface area contributed by atoms with Crippen LogP contribution in [0.3, 0.4) is 0 Å². The molecule has 0 fully saturated rings. The molecular weight excluding hydrogens is 458 g/mol. The molecule has 2 aliphatic heterocycles. The van der Waals surface area contributed by atoms with Crippen LogP contribution in [0, 0.1) is 10.1 Å². The van der Waals surface area contributed by atoms with Gasteiger partial charge in [-0.2, -0.15) is 5.10 Å². The summed E-state index contributed by atoms with van der Waals surface area (Å²) in [5.74, 6) is 0.811. The van der Waals surface area contributed by atoms with E-state index < -0.39 is 11.2 Å². The first-order chi connectivity index (χ1) is 15.0. The van der Waals surface area contributed by atoms with E-state index in [4.69, 9.17) is 9.84 Å². The second-order valence-corrected chi connectivity index (χ2v) is 8.61. The predicted molar refractivity (Wildman–Crippen MR) is 122 cm³/mol. The number of benzene rings is 3. The summed E-state index contributed by atoms with van der Waals surface area (Å²) in [4.78, 5) is 10.7. The Hall–Kier alpha value is -3.19. The molecule has 0 spiro atoms. The molecule has 0 saturated carbocycles. The van der Waals surface area contributed by atoms with E-state index >= 15 is 0 Å². The highest BCUT2D eigenvalue weighted by molar-refractivity contribution is 9.10. The minimum atomic E-state index is -0.452. The first kappa shape index (κ1) is 19.8. The van der Waals surface area contributed by atoms with Crippen molar-refractivity contribution < 1.29 is 9.66 Å². The van der Waals surface area contributed by atoms with E-state index in [0.717, 1.165) is 45.5 Å². The fourth-order valence-electron chi connectivity index (χ4n) is 4.15. The van der Waals surface area contributed by atoms with E-state index in [1.807, 2.05) is 17.1 Å². The SMILES string of the molecule is CCc1ccc(C2=NN3[C@@H](c4ccc([N+](=O)[O-])cc4)Oc4ccc(Br)cc4[C@@H]3C2)cc1. The third kappa shape index (κ3) is 3.59. The third-order valence-electron chi connectivity index (χ3n) is 5.84. The van der Waals surface area contributed by atoms with Crippen molar-refractivity contribution in [1.82, 2.24) is 5.01 Å². The third-order valence-corrected chi connectivity index (χ3v) is 6.33. The van der Waals surface area contributed by atoms with Crippen LogP contribution < -0.4 is 4.74 Å². The van der Waals surface area contributed by atoms with Crippen LogP contribution in [0.15, 0.2) is 76.3 Å². The van der Waals surface area contributed by atoms with Crippen molar-refractivity contribution >= 4 is 27.3 Å². The van der Waals surface area contributed by atoms with E-state index in [0.29, 0.717) is 0 Å². The van der Waals surface area contributed by atoms with Gasteiger partial charge in [0.1, 0.15) is 5.75 Å². The molecule has 3 aromatic carbocycles. The van der Waals surface area contributed by atoms with Crippen LogP contribution in [0.5, 0.6) is 5.75 Å². The lowest BCUT2D eigenvalue weighted by atomic mass is 9.95. The van der Waals surface area contributed by atoms with E-state index in [-0.39, 0.29) is 11.7 Å². The van der Waals surface area contributed by atoms with Gasteiger partial charge in [-0.1, -0.05) is 47.1 Å². The summed E-state index contributed by atoms with van der Waals surface area (Å²) in [6.45, 7) is 2.14. The summed E-state index contributed by atoms with van der Waals surface area (Å²) in [7, 11) is 0. The lowest BCUT2D eigenvalue weighted by molar-refractivity contribution is -0.384. The van der Waals surface area contributed by atoms with Gasteiger partial charge in [-0.25, -0.2) is 5.01 Å². The standard InChI is InChI=1S/C24H20BrN3O3/c1-2-15-3-5-16(6-4-15)21-14-22-20-13-18(25)9-12-23(20)31-24(27(22)26-21)17-7-10-19(11-8-17)28(29)30/h3-13,22,24H,2,14H2,1H3/t22-,24+/m0/s1. The highest BCUT2D eigenvalue weighted by Crippen LogP contribution is 2.48. The van der Waals surface area contributed by atoms with Crippen molar-refractivity contribution in [2.24, 2.45) is 5.10 Å². The Bertz CT molecular complexity index is 1180. The van der Waals surface area contributed by atoms with Crippen LogP contribution in [-0.4, -0.2) is 15.6 Å². The number of halogens is 1. The average molecular weight is 478 g/mol. The number of aryl methyl sites for hydroxylation is 1. The van der Waals surface area contributed by atoms with Crippen molar-refractivity contribution in [3.8, 4) is 5.75 Å². The van der Waals surface area contributed by atoms with E-state index in [2.05, 4.69) is 53.2 Å². The lowest BCUT2D eigenvalue weighted by Crippen LogP contribution is -2.33. The minimum absolute atomic E-state index is 0.0299. The van der Waals surface area contributed by atoms with Crippen molar-refractivity contribution in [2.45, 2.75) is 32.0 Å². The van der Waals surface area contributed by atoms with Gasteiger partial charge in [0.25, 0.3) is 5.69 Å². The highest BCUT2D eigenvalue weighted by atomic mass is 79.9. The lowest BCUT2D eigenvalue weighted by Gasteiger charge is -2.38. The monoisotopic (exact) mass is 477 g/mol. The maximum atomic E-state index is 11.0. The molecule has 7 heteroatoms. The second-order valence-electron chi connectivity index (χ2n) is 7.70. The first-order valence-electron chi connectivity index (χ1n) is 10.2. The second kappa shape index (κ2) is 7.81. The highest BCUT2D eigenvalue weighted by Gasteiger charge is 2.41. The van der Waals surface area contributed by atoms with Gasteiger partial charge in [-0.3, -0.25) is 10.1 Å². The Balaban J connectivity index is 1.55. The van der Waals surface area contributed by atoms with Gasteiger partial charge < -0.3 is 4.74 Å². The zero-order valence-corrected chi connectivity index (χ0v) is 18.5. The molecule has 0 radical (unpaired) electrons. The average Bonchev–Trinajstić information content (AvgIpc) is 3.24. The van der Waals surface area contributed by atoms with Crippen LogP contribution in [0.25, 0.3) is 0 Å². The molecule has 2 aliphatic rings. The Morgan fingerprint density at radius 3 is 2.55 bits per heavy atom. The van der Waals surface area contributed by atoms with Crippen LogP contribution in [0.2, 0.25) is 0 Å². The molecule has 0 N–H and O–H groups in total. The normalized spacial score (nSPS) is 19.3. The number of fused-ring (bicyclic) bond motifs is 3. The molecule has 0 saturated heterocycles. The van der Waals surface area contributed by atoms with Crippen LogP contribution in [0.1, 0.15) is 47.9 Å². The predicted octanol–water partition coefficient (Wildman–Crippen LogP) is 6.16. The van der Waals surface area contributed by atoms with Gasteiger partial charge in [-0.15, -0.1) is 0 Å². The maximum absolute atomic E-state index is 11.0. The van der Waals surface area contributed by atoms with Gasteiger partial charge in [0.2, 0.25) is 6.23 Å². The fraction of sp³-hybridized carbons (Fsp3) is 0.208. The number of hydrazone groups is 1. The van der Waals surface area contributed by atoms with Gasteiger partial charge >= 0.3 is 0 Å². The van der Waals surface area contributed by atoms with Crippen LogP contribution in [0.4, 0.5) is 5.69 Å². The summed E-state index contributed by atoms with van der Waals surface area (Å²) in [5.41, 5.74) is 5.37. The number of nitro groups is 1. The number of ether oxygens (including phenoxy) is 1. The van der Waals surface area contributed by atoms with E-state index in [1.54, 1.807) is 12.1 Å². The molecule has 0 aromatic heterocycles. The molecule has 0 unspecified atom stereocenters. The van der Waals surface area contributed by atoms with Crippen molar-refractivity contribution in [2.75, 3.05) is 0 Å². The Morgan fingerprint density at radius 1 is 1.13 bits per heavy atom. The number of non-ortho nitro benzene ring substituents is 1. The molecule has 5 rings (SSSR count). The number of hydrogen-bond donors (Lipinski definition) is 0. The minimum Gasteiger partial charge on any atom is -0.464 e. The van der Waals surface area contributed by atoms with Crippen molar-refractivity contribution in [3.63, 3.8) is 0 Å². The van der Waals surface area contributed by atoms with Gasteiger partial charge in [-0.05, 0) is 47.9 Å². The Labute approximate surface area is 188 Å². The summed E-state index contributed by atoms with van der Waals surface area (Å²) in [6.07, 6.45) is 1.31. The van der Waals surface area contributed by atoms with Crippen molar-refractivity contribution in [1.29, 1.82) is 0 Å². The summed E-state index contributed by atoms with van der Waals surface area (Å²) in [6, 6.07) is 21.1. The Kier molecular flexibility index (Phi) is 4.98. The van der Waals surface area contributed by atoms with Crippen molar-refractivity contribution in [3.05, 3.63) is 104 Å². The molecule has 2 atom stereocenters. The molecular formula is C24H20BrN3O3. The molecule has 6 nitrogen and oxygen atoms in total. The molecule has 0 aliphatic carbocycles. The quantitative estimate of drug-likeness (QED) is 0.333. The molecule has 2 heterocycles. The first-order valence-corrected chi connectivity index (χ1v) is 11.0. The molecule has 156 valence electrons. The van der Waals surface area contributed by atoms with Crippen LogP contribution in [-0.2, 0) is 6.42 Å². The number of nitrogens with zero attached hydrogens (tertiary/aromatic N) is 3. The zero-order chi connectivity index (χ0) is 21.5. The van der Waals surface area contributed by atoms with E-state index in [1.165, 1.54) is 17.7 Å². The molecule has 3 aromatic rings. The topological polar surface area (TPSA) is 68.0 Å². The van der Waals surface area contributed by atoms with Crippen LogP contribution >= 0.6 is 15.9 Å². The number of hydrogen-bond acceptors (Lipinski definition) is 5. The van der Waals surface area contributed by atoms with Gasteiger partial charge in [0, 0.05) is 34.2 Å². The van der Waals surface area contributed by atoms with Gasteiger partial charge in [0.05, 0.1) is 16.7 Å². The fourth-order valence-corrected chi connectivity index (χ4v) is 4.52.